The number of nitrogens with two attached hydrogens (primary N) is 2. The standard InChI is InChI=1S/C20H14BrN3O4/c1-26-15-4-2-9(6-13(15)21)16-12(8-22)19(24)28-18-11-7-10(23)3-5-14(11)27-20(25)17(16)18/h2-7,16H,23-24H2,1H3. The zero-order valence-corrected chi connectivity index (χ0v) is 16.2. The molecule has 0 amide bonds. The maximum Gasteiger partial charge on any atom is 0.344 e. The molecule has 0 saturated heterocycles. The van der Waals surface area contributed by atoms with Gasteiger partial charge in [-0.25, -0.2) is 4.79 Å². The van der Waals surface area contributed by atoms with Crippen molar-refractivity contribution in [2.45, 2.75) is 5.92 Å². The van der Waals surface area contributed by atoms with Gasteiger partial charge in [-0.15, -0.1) is 0 Å². The molecule has 2 heterocycles. The smallest absolute Gasteiger partial charge is 0.344 e. The number of fused-ring (bicyclic) bond motifs is 3. The van der Waals surface area contributed by atoms with Gasteiger partial charge < -0.3 is 25.4 Å². The second-order valence-corrected chi connectivity index (χ2v) is 7.06. The molecule has 7 nitrogen and oxygen atoms in total. The van der Waals surface area contributed by atoms with Crippen LogP contribution in [0.2, 0.25) is 0 Å². The number of nitrogens with zero attached hydrogens (tertiary/aromatic N) is 1. The van der Waals surface area contributed by atoms with Crippen LogP contribution >= 0.6 is 15.9 Å². The number of nitriles is 1. The Balaban J connectivity index is 2.06. The van der Waals surface area contributed by atoms with Gasteiger partial charge in [-0.1, -0.05) is 6.07 Å². The molecule has 1 aliphatic heterocycles. The molecule has 0 radical (unpaired) electrons. The van der Waals surface area contributed by atoms with Crippen molar-refractivity contribution in [3.05, 3.63) is 73.9 Å². The first kappa shape index (κ1) is 17.9. The average molecular weight is 440 g/mol. The number of halogens is 1. The molecule has 2 aromatic carbocycles. The van der Waals surface area contributed by atoms with Crippen LogP contribution in [-0.2, 0) is 0 Å². The summed E-state index contributed by atoms with van der Waals surface area (Å²) >= 11 is 3.43. The van der Waals surface area contributed by atoms with E-state index in [9.17, 15) is 10.1 Å². The molecular formula is C20H14BrN3O4. The summed E-state index contributed by atoms with van der Waals surface area (Å²) in [5, 5.41) is 10.2. The summed E-state index contributed by atoms with van der Waals surface area (Å²) in [7, 11) is 1.55. The van der Waals surface area contributed by atoms with E-state index in [4.69, 9.17) is 25.4 Å². The second-order valence-electron chi connectivity index (χ2n) is 6.21. The van der Waals surface area contributed by atoms with E-state index in [0.717, 1.165) is 0 Å². The monoisotopic (exact) mass is 439 g/mol. The third-order valence-corrected chi connectivity index (χ3v) is 5.22. The van der Waals surface area contributed by atoms with Gasteiger partial charge in [0.15, 0.2) is 5.75 Å². The van der Waals surface area contributed by atoms with Gasteiger partial charge in [-0.2, -0.15) is 5.26 Å². The first-order valence-corrected chi connectivity index (χ1v) is 9.01. The summed E-state index contributed by atoms with van der Waals surface area (Å²) in [6.45, 7) is 0. The maximum atomic E-state index is 12.8. The lowest BCUT2D eigenvalue weighted by Gasteiger charge is -2.26. The lowest BCUT2D eigenvalue weighted by Crippen LogP contribution is -2.26. The Morgan fingerprint density at radius 3 is 2.68 bits per heavy atom. The van der Waals surface area contributed by atoms with Crippen LogP contribution in [0.15, 0.2) is 61.5 Å². The van der Waals surface area contributed by atoms with Crippen molar-refractivity contribution < 1.29 is 13.9 Å². The highest BCUT2D eigenvalue weighted by Crippen LogP contribution is 2.44. The van der Waals surface area contributed by atoms with E-state index in [-0.39, 0.29) is 22.8 Å². The van der Waals surface area contributed by atoms with Gasteiger partial charge >= 0.3 is 5.63 Å². The number of benzene rings is 2. The molecule has 4 rings (SSSR count). The first-order chi connectivity index (χ1) is 13.4. The van der Waals surface area contributed by atoms with E-state index in [1.165, 1.54) is 0 Å². The molecule has 3 aromatic rings. The van der Waals surface area contributed by atoms with Crippen molar-refractivity contribution in [3.8, 4) is 17.6 Å². The molecule has 0 aliphatic carbocycles. The molecule has 28 heavy (non-hydrogen) atoms. The summed E-state index contributed by atoms with van der Waals surface area (Å²) < 4.78 is 17.1. The summed E-state index contributed by atoms with van der Waals surface area (Å²) in [4.78, 5) is 12.8. The number of ether oxygens (including phenoxy) is 2. The number of hydrogen-bond donors (Lipinski definition) is 2. The van der Waals surface area contributed by atoms with Crippen LogP contribution in [0.4, 0.5) is 5.69 Å². The van der Waals surface area contributed by atoms with E-state index in [0.29, 0.717) is 32.4 Å². The molecule has 4 N–H and O–H groups in total. The van der Waals surface area contributed by atoms with Gasteiger partial charge in [0.2, 0.25) is 5.88 Å². The largest absolute Gasteiger partial charge is 0.496 e. The molecule has 8 heteroatoms. The number of anilines is 1. The zero-order chi connectivity index (χ0) is 20.0. The van der Waals surface area contributed by atoms with Gasteiger partial charge in [-0.3, -0.25) is 0 Å². The fraction of sp³-hybridized carbons (Fsp3) is 0.100. The number of methoxy groups -OCH3 is 1. The van der Waals surface area contributed by atoms with Crippen LogP contribution in [-0.4, -0.2) is 7.11 Å². The lowest BCUT2D eigenvalue weighted by molar-refractivity contribution is 0.388. The summed E-state index contributed by atoms with van der Waals surface area (Å²) in [6, 6.07) is 12.2. The summed E-state index contributed by atoms with van der Waals surface area (Å²) in [5.74, 6) is 0.0381. The van der Waals surface area contributed by atoms with Crippen molar-refractivity contribution >= 4 is 32.6 Å². The Morgan fingerprint density at radius 1 is 1.21 bits per heavy atom. The van der Waals surface area contributed by atoms with E-state index in [1.807, 2.05) is 0 Å². The highest BCUT2D eigenvalue weighted by molar-refractivity contribution is 9.10. The van der Waals surface area contributed by atoms with Crippen molar-refractivity contribution in [2.75, 3.05) is 12.8 Å². The third kappa shape index (κ3) is 2.68. The first-order valence-electron chi connectivity index (χ1n) is 8.22. The topological polar surface area (TPSA) is 124 Å². The molecular weight excluding hydrogens is 426 g/mol. The van der Waals surface area contributed by atoms with Crippen LogP contribution in [0.1, 0.15) is 17.0 Å². The zero-order valence-electron chi connectivity index (χ0n) is 14.7. The van der Waals surface area contributed by atoms with Gasteiger partial charge in [-0.05, 0) is 51.8 Å². The van der Waals surface area contributed by atoms with Gasteiger partial charge in [0.05, 0.1) is 28.5 Å². The quantitative estimate of drug-likeness (QED) is 0.463. The fourth-order valence-electron chi connectivity index (χ4n) is 3.33. The predicted molar refractivity (Wildman–Crippen MR) is 107 cm³/mol. The Kier molecular flexibility index (Phi) is 4.24. The molecule has 0 fully saturated rings. The number of rotatable bonds is 2. The van der Waals surface area contributed by atoms with Crippen LogP contribution in [0.3, 0.4) is 0 Å². The maximum absolute atomic E-state index is 12.8. The van der Waals surface area contributed by atoms with E-state index in [2.05, 4.69) is 22.0 Å². The van der Waals surface area contributed by atoms with E-state index < -0.39 is 11.5 Å². The summed E-state index contributed by atoms with van der Waals surface area (Å²) in [6.07, 6.45) is 0. The Bertz CT molecular complexity index is 1260. The van der Waals surface area contributed by atoms with E-state index in [1.54, 1.807) is 43.5 Å². The van der Waals surface area contributed by atoms with Gasteiger partial charge in [0, 0.05) is 5.69 Å². The molecule has 1 aliphatic rings. The molecule has 0 bridgehead atoms. The minimum absolute atomic E-state index is 0.0683. The van der Waals surface area contributed by atoms with Crippen molar-refractivity contribution in [3.63, 3.8) is 0 Å². The van der Waals surface area contributed by atoms with Gasteiger partial charge in [0.1, 0.15) is 23.0 Å². The Labute approximate surface area is 167 Å². The normalized spacial score (nSPS) is 15.7. The average Bonchev–Trinajstić information content (AvgIpc) is 2.67. The van der Waals surface area contributed by atoms with Crippen LogP contribution in [0, 0.1) is 11.3 Å². The molecule has 0 saturated carbocycles. The lowest BCUT2D eigenvalue weighted by atomic mass is 9.84. The molecule has 0 spiro atoms. The second kappa shape index (κ2) is 6.62. The summed E-state index contributed by atoms with van der Waals surface area (Å²) in [5.41, 5.74) is 13.1. The minimum Gasteiger partial charge on any atom is -0.496 e. The molecule has 1 aromatic heterocycles. The number of allylic oxidation sites excluding steroid dienone is 1. The van der Waals surface area contributed by atoms with Crippen LogP contribution in [0.25, 0.3) is 11.0 Å². The highest BCUT2D eigenvalue weighted by atomic mass is 79.9. The van der Waals surface area contributed by atoms with Crippen molar-refractivity contribution in [1.29, 1.82) is 5.26 Å². The fourth-order valence-corrected chi connectivity index (χ4v) is 3.89. The highest BCUT2D eigenvalue weighted by Gasteiger charge is 2.35. The Hall–Kier alpha value is -3.44. The van der Waals surface area contributed by atoms with Crippen molar-refractivity contribution in [1.82, 2.24) is 0 Å². The van der Waals surface area contributed by atoms with Gasteiger partial charge in [0.25, 0.3) is 0 Å². The number of hydrogen-bond acceptors (Lipinski definition) is 7. The third-order valence-electron chi connectivity index (χ3n) is 4.60. The van der Waals surface area contributed by atoms with E-state index >= 15 is 0 Å². The van der Waals surface area contributed by atoms with Crippen LogP contribution < -0.4 is 26.6 Å². The Morgan fingerprint density at radius 2 is 2.00 bits per heavy atom. The molecule has 140 valence electrons. The van der Waals surface area contributed by atoms with Crippen molar-refractivity contribution in [2.24, 2.45) is 5.73 Å². The minimum atomic E-state index is -0.752. The SMILES string of the molecule is COc1ccc(C2C(C#N)=C(N)Oc3c2c(=O)oc2ccc(N)cc32)cc1Br. The molecule has 1 unspecified atom stereocenters. The number of nitrogen functional groups attached to an aromatic ring is 1. The molecule has 1 atom stereocenters. The van der Waals surface area contributed by atoms with Crippen LogP contribution in [0.5, 0.6) is 11.5 Å². The predicted octanol–water partition coefficient (Wildman–Crippen LogP) is 3.36.